The Morgan fingerprint density at radius 1 is 1.18 bits per heavy atom. The van der Waals surface area contributed by atoms with Gasteiger partial charge in [-0.3, -0.25) is 4.79 Å². The van der Waals surface area contributed by atoms with Crippen LogP contribution in [0.5, 0.6) is 0 Å². The Labute approximate surface area is 135 Å². The van der Waals surface area contributed by atoms with E-state index in [1.165, 1.54) is 6.08 Å². The zero-order valence-electron chi connectivity index (χ0n) is 12.4. The van der Waals surface area contributed by atoms with Crippen molar-refractivity contribution in [2.45, 2.75) is 11.0 Å². The van der Waals surface area contributed by atoms with Crippen molar-refractivity contribution in [1.29, 1.82) is 0 Å². The third kappa shape index (κ3) is 5.06. The van der Waals surface area contributed by atoms with Gasteiger partial charge in [0, 0.05) is 17.5 Å². The fourth-order valence-corrected chi connectivity index (χ4v) is 2.34. The van der Waals surface area contributed by atoms with Crippen molar-refractivity contribution in [2.24, 2.45) is 0 Å². The topological polar surface area (TPSA) is 49.3 Å². The standard InChI is InChI=1S/C18H19NO2S/c1-22-16-10-8-15(9-11-16)17(20)13-19-18(21)12-7-14-5-3-2-4-6-14/h2-12,17,20H,13H2,1H3,(H,19,21)/b12-7+/t17-/m0/s1. The molecule has 2 aromatic rings. The molecule has 0 bridgehead atoms. The Kier molecular flexibility index (Phi) is 6.25. The summed E-state index contributed by atoms with van der Waals surface area (Å²) < 4.78 is 0. The Morgan fingerprint density at radius 3 is 2.50 bits per heavy atom. The Balaban J connectivity index is 1.83. The number of carbonyl (C=O) groups excluding carboxylic acids is 1. The van der Waals surface area contributed by atoms with Gasteiger partial charge in [-0.2, -0.15) is 0 Å². The highest BCUT2D eigenvalue weighted by Crippen LogP contribution is 2.18. The molecule has 0 unspecified atom stereocenters. The molecule has 0 saturated heterocycles. The second-order valence-electron chi connectivity index (χ2n) is 4.78. The monoisotopic (exact) mass is 313 g/mol. The van der Waals surface area contributed by atoms with Crippen LogP contribution in [0.25, 0.3) is 6.08 Å². The van der Waals surface area contributed by atoms with E-state index in [1.807, 2.05) is 60.9 Å². The molecule has 0 spiro atoms. The van der Waals surface area contributed by atoms with Crippen LogP contribution in [0.15, 0.2) is 65.6 Å². The van der Waals surface area contributed by atoms with Gasteiger partial charge in [-0.15, -0.1) is 11.8 Å². The Hall–Kier alpha value is -2.04. The van der Waals surface area contributed by atoms with Crippen LogP contribution < -0.4 is 5.32 Å². The normalized spacial score (nSPS) is 12.3. The molecule has 1 atom stereocenters. The smallest absolute Gasteiger partial charge is 0.244 e. The van der Waals surface area contributed by atoms with E-state index in [0.29, 0.717) is 0 Å². The molecular weight excluding hydrogens is 294 g/mol. The van der Waals surface area contributed by atoms with Gasteiger partial charge < -0.3 is 10.4 Å². The molecule has 4 heteroatoms. The quantitative estimate of drug-likeness (QED) is 0.635. The lowest BCUT2D eigenvalue weighted by molar-refractivity contribution is -0.116. The van der Waals surface area contributed by atoms with Crippen LogP contribution >= 0.6 is 11.8 Å². The molecule has 0 heterocycles. The first-order chi connectivity index (χ1) is 10.7. The second kappa shape index (κ2) is 8.41. The van der Waals surface area contributed by atoms with Crippen LogP contribution in [0.2, 0.25) is 0 Å². The first-order valence-electron chi connectivity index (χ1n) is 7.02. The van der Waals surface area contributed by atoms with Gasteiger partial charge in [-0.25, -0.2) is 0 Å². The number of thioether (sulfide) groups is 1. The molecule has 0 aliphatic heterocycles. The molecule has 0 saturated carbocycles. The molecule has 0 fully saturated rings. The van der Waals surface area contributed by atoms with Crippen LogP contribution in [0, 0.1) is 0 Å². The van der Waals surface area contributed by atoms with Gasteiger partial charge in [0.15, 0.2) is 0 Å². The molecule has 1 amide bonds. The second-order valence-corrected chi connectivity index (χ2v) is 5.66. The van der Waals surface area contributed by atoms with Crippen molar-refractivity contribution in [2.75, 3.05) is 12.8 Å². The lowest BCUT2D eigenvalue weighted by atomic mass is 10.1. The van der Waals surface area contributed by atoms with Crippen molar-refractivity contribution < 1.29 is 9.90 Å². The number of nitrogens with one attached hydrogen (secondary N) is 1. The molecule has 2 rings (SSSR count). The number of benzene rings is 2. The minimum absolute atomic E-state index is 0.191. The van der Waals surface area contributed by atoms with Gasteiger partial charge >= 0.3 is 0 Å². The van der Waals surface area contributed by atoms with E-state index < -0.39 is 6.10 Å². The van der Waals surface area contributed by atoms with Gasteiger partial charge in [0.05, 0.1) is 6.10 Å². The van der Waals surface area contributed by atoms with Crippen LogP contribution in [-0.4, -0.2) is 23.8 Å². The van der Waals surface area contributed by atoms with Crippen molar-refractivity contribution in [1.82, 2.24) is 5.32 Å². The number of hydrogen-bond donors (Lipinski definition) is 2. The first kappa shape index (κ1) is 16.3. The summed E-state index contributed by atoms with van der Waals surface area (Å²) in [6, 6.07) is 17.3. The van der Waals surface area contributed by atoms with E-state index in [-0.39, 0.29) is 12.5 Å². The number of hydrogen-bond acceptors (Lipinski definition) is 3. The zero-order chi connectivity index (χ0) is 15.8. The summed E-state index contributed by atoms with van der Waals surface area (Å²) in [7, 11) is 0. The fourth-order valence-electron chi connectivity index (χ4n) is 1.94. The molecule has 3 nitrogen and oxygen atoms in total. The molecular formula is C18H19NO2S. The summed E-state index contributed by atoms with van der Waals surface area (Å²) in [5.74, 6) is -0.219. The van der Waals surface area contributed by atoms with E-state index in [0.717, 1.165) is 16.0 Å². The first-order valence-corrected chi connectivity index (χ1v) is 8.24. The largest absolute Gasteiger partial charge is 0.387 e. The summed E-state index contributed by atoms with van der Waals surface area (Å²) in [5.41, 5.74) is 1.76. The van der Waals surface area contributed by atoms with Gasteiger partial charge in [-0.05, 0) is 35.6 Å². The van der Waals surface area contributed by atoms with Crippen molar-refractivity contribution >= 4 is 23.7 Å². The maximum absolute atomic E-state index is 11.7. The van der Waals surface area contributed by atoms with E-state index >= 15 is 0 Å². The number of aliphatic hydroxyl groups excluding tert-OH is 1. The third-order valence-electron chi connectivity index (χ3n) is 3.20. The Morgan fingerprint density at radius 2 is 1.86 bits per heavy atom. The highest BCUT2D eigenvalue weighted by molar-refractivity contribution is 7.98. The van der Waals surface area contributed by atoms with Crippen molar-refractivity contribution in [3.05, 3.63) is 71.8 Å². The molecule has 2 aromatic carbocycles. The average Bonchev–Trinajstić information content (AvgIpc) is 2.58. The molecule has 0 aromatic heterocycles. The number of carbonyl (C=O) groups is 1. The van der Waals surface area contributed by atoms with Crippen LogP contribution in [-0.2, 0) is 4.79 Å². The van der Waals surface area contributed by atoms with Crippen molar-refractivity contribution in [3.8, 4) is 0 Å². The van der Waals surface area contributed by atoms with E-state index in [2.05, 4.69) is 5.32 Å². The zero-order valence-corrected chi connectivity index (χ0v) is 13.2. The van der Waals surface area contributed by atoms with E-state index in [4.69, 9.17) is 0 Å². The number of rotatable bonds is 6. The molecule has 22 heavy (non-hydrogen) atoms. The van der Waals surface area contributed by atoms with Gasteiger partial charge in [0.1, 0.15) is 0 Å². The predicted molar refractivity (Wildman–Crippen MR) is 91.7 cm³/mol. The summed E-state index contributed by atoms with van der Waals surface area (Å²) in [4.78, 5) is 12.9. The maximum Gasteiger partial charge on any atom is 0.244 e. The summed E-state index contributed by atoms with van der Waals surface area (Å²) >= 11 is 1.65. The van der Waals surface area contributed by atoms with Gasteiger partial charge in [0.25, 0.3) is 0 Å². The SMILES string of the molecule is CSc1ccc([C@@H](O)CNC(=O)/C=C/c2ccccc2)cc1. The highest BCUT2D eigenvalue weighted by Gasteiger charge is 2.08. The fraction of sp³-hybridized carbons (Fsp3) is 0.167. The summed E-state index contributed by atoms with van der Waals surface area (Å²) in [6.45, 7) is 0.191. The van der Waals surface area contributed by atoms with E-state index in [1.54, 1.807) is 17.8 Å². The van der Waals surface area contributed by atoms with Crippen molar-refractivity contribution in [3.63, 3.8) is 0 Å². The maximum atomic E-state index is 11.7. The summed E-state index contributed by atoms with van der Waals surface area (Å²) in [5, 5.41) is 12.8. The predicted octanol–water partition coefficient (Wildman–Crippen LogP) is 3.27. The number of amides is 1. The minimum Gasteiger partial charge on any atom is -0.387 e. The minimum atomic E-state index is -0.704. The van der Waals surface area contributed by atoms with Crippen LogP contribution in [0.4, 0.5) is 0 Å². The van der Waals surface area contributed by atoms with Gasteiger partial charge in [0.2, 0.25) is 5.91 Å². The lowest BCUT2D eigenvalue weighted by Gasteiger charge is -2.11. The lowest BCUT2D eigenvalue weighted by Crippen LogP contribution is -2.26. The molecule has 114 valence electrons. The number of aliphatic hydroxyl groups is 1. The molecule has 2 N–H and O–H groups in total. The summed E-state index contributed by atoms with van der Waals surface area (Å²) in [6.07, 6.45) is 4.52. The average molecular weight is 313 g/mol. The van der Waals surface area contributed by atoms with E-state index in [9.17, 15) is 9.90 Å². The molecule has 0 aliphatic carbocycles. The highest BCUT2D eigenvalue weighted by atomic mass is 32.2. The molecule has 0 aliphatic rings. The third-order valence-corrected chi connectivity index (χ3v) is 3.94. The Bertz CT molecular complexity index is 623. The van der Waals surface area contributed by atoms with Crippen LogP contribution in [0.3, 0.4) is 0 Å². The van der Waals surface area contributed by atoms with Gasteiger partial charge in [-0.1, -0.05) is 42.5 Å². The molecule has 0 radical (unpaired) electrons. The van der Waals surface area contributed by atoms with Crippen LogP contribution in [0.1, 0.15) is 17.2 Å².